The minimum atomic E-state index is -0.729. The van der Waals surface area contributed by atoms with Crippen LogP contribution < -0.4 is 10.6 Å². The third-order valence-electron chi connectivity index (χ3n) is 4.34. The molecule has 0 unspecified atom stereocenters. The van der Waals surface area contributed by atoms with Gasteiger partial charge in [0.1, 0.15) is 5.52 Å². The van der Waals surface area contributed by atoms with Crippen molar-refractivity contribution in [2.45, 2.75) is 13.8 Å². The molecule has 2 amide bonds. The molecule has 0 spiro atoms. The van der Waals surface area contributed by atoms with E-state index in [0.29, 0.717) is 16.8 Å². The predicted octanol–water partition coefficient (Wildman–Crippen LogP) is 2.76. The van der Waals surface area contributed by atoms with Crippen molar-refractivity contribution in [3.63, 3.8) is 0 Å². The molecule has 0 atom stereocenters. The van der Waals surface area contributed by atoms with Crippen LogP contribution in [0.2, 0.25) is 0 Å². The number of anilines is 1. The quantitative estimate of drug-likeness (QED) is 0.460. The number of hydrogen-bond acceptors (Lipinski definition) is 6. The SMILES string of the molecule is Cc1cccc(NC(=O)CNC(=O)COC(=O)/C=C/c2nc3ccccc3o2)c1C. The number of carbonyl (C=O) groups excluding carboxylic acids is 3. The van der Waals surface area contributed by atoms with Gasteiger partial charge in [-0.15, -0.1) is 0 Å². The number of fused-ring (bicyclic) bond motifs is 1. The Morgan fingerprint density at radius 2 is 1.87 bits per heavy atom. The maximum absolute atomic E-state index is 12.0. The number of nitrogens with zero attached hydrogens (tertiary/aromatic N) is 1. The van der Waals surface area contributed by atoms with E-state index >= 15 is 0 Å². The number of ether oxygens (including phenoxy) is 1. The van der Waals surface area contributed by atoms with Crippen LogP contribution in [0.3, 0.4) is 0 Å². The van der Waals surface area contributed by atoms with Gasteiger partial charge in [0.2, 0.25) is 11.8 Å². The Hall–Kier alpha value is -3.94. The fraction of sp³-hybridized carbons (Fsp3) is 0.182. The number of hydrogen-bond donors (Lipinski definition) is 2. The lowest BCUT2D eigenvalue weighted by molar-refractivity contribution is -0.143. The second-order valence-corrected chi connectivity index (χ2v) is 6.53. The Bertz CT molecular complexity index is 1080. The van der Waals surface area contributed by atoms with E-state index in [1.807, 2.05) is 38.1 Å². The van der Waals surface area contributed by atoms with E-state index in [9.17, 15) is 14.4 Å². The Labute approximate surface area is 172 Å². The van der Waals surface area contributed by atoms with Crippen LogP contribution in [0.5, 0.6) is 0 Å². The van der Waals surface area contributed by atoms with E-state index in [0.717, 1.165) is 17.2 Å². The first-order valence-electron chi connectivity index (χ1n) is 9.25. The number of amides is 2. The summed E-state index contributed by atoms with van der Waals surface area (Å²) in [5.41, 5.74) is 3.96. The molecule has 0 saturated carbocycles. The summed E-state index contributed by atoms with van der Waals surface area (Å²) < 4.78 is 10.3. The van der Waals surface area contributed by atoms with E-state index in [-0.39, 0.29) is 18.3 Å². The molecule has 154 valence electrons. The highest BCUT2D eigenvalue weighted by Gasteiger charge is 2.10. The smallest absolute Gasteiger partial charge is 0.331 e. The zero-order valence-corrected chi connectivity index (χ0v) is 16.6. The number of rotatable bonds is 7. The largest absolute Gasteiger partial charge is 0.452 e. The number of aryl methyl sites for hydroxylation is 1. The fourth-order valence-electron chi connectivity index (χ4n) is 2.60. The number of aromatic nitrogens is 1. The van der Waals surface area contributed by atoms with Crippen molar-refractivity contribution in [2.75, 3.05) is 18.5 Å². The average molecular weight is 407 g/mol. The van der Waals surface area contributed by atoms with Gasteiger partial charge in [0, 0.05) is 17.8 Å². The predicted molar refractivity (Wildman–Crippen MR) is 112 cm³/mol. The molecule has 2 N–H and O–H groups in total. The van der Waals surface area contributed by atoms with Crippen LogP contribution in [0.4, 0.5) is 5.69 Å². The van der Waals surface area contributed by atoms with Gasteiger partial charge in [-0.25, -0.2) is 9.78 Å². The summed E-state index contributed by atoms with van der Waals surface area (Å²) in [6.45, 7) is 3.10. The molecule has 1 heterocycles. The first-order valence-corrected chi connectivity index (χ1v) is 9.25. The summed E-state index contributed by atoms with van der Waals surface area (Å²) >= 11 is 0. The summed E-state index contributed by atoms with van der Waals surface area (Å²) in [4.78, 5) is 39.7. The maximum atomic E-state index is 12.0. The molecule has 8 nitrogen and oxygen atoms in total. The Balaban J connectivity index is 1.41. The topological polar surface area (TPSA) is 111 Å². The summed E-state index contributed by atoms with van der Waals surface area (Å²) in [5.74, 6) is -1.44. The second kappa shape index (κ2) is 9.51. The third-order valence-corrected chi connectivity index (χ3v) is 4.34. The number of benzene rings is 2. The van der Waals surface area contributed by atoms with Gasteiger partial charge >= 0.3 is 5.97 Å². The first-order chi connectivity index (χ1) is 14.4. The highest BCUT2D eigenvalue weighted by molar-refractivity contribution is 5.95. The number of para-hydroxylation sites is 2. The van der Waals surface area contributed by atoms with Crippen molar-refractivity contribution in [2.24, 2.45) is 0 Å². The van der Waals surface area contributed by atoms with E-state index in [1.165, 1.54) is 6.08 Å². The van der Waals surface area contributed by atoms with E-state index in [2.05, 4.69) is 15.6 Å². The van der Waals surface area contributed by atoms with Crippen molar-refractivity contribution in [1.29, 1.82) is 0 Å². The van der Waals surface area contributed by atoms with Gasteiger partial charge in [0.15, 0.2) is 12.2 Å². The van der Waals surface area contributed by atoms with Crippen LogP contribution in [0, 0.1) is 13.8 Å². The van der Waals surface area contributed by atoms with E-state index < -0.39 is 18.5 Å². The maximum Gasteiger partial charge on any atom is 0.331 e. The molecular formula is C22H21N3O5. The van der Waals surface area contributed by atoms with Crippen molar-refractivity contribution >= 4 is 40.6 Å². The fourth-order valence-corrected chi connectivity index (χ4v) is 2.60. The van der Waals surface area contributed by atoms with Crippen molar-refractivity contribution in [3.05, 3.63) is 65.6 Å². The normalized spacial score (nSPS) is 10.9. The molecule has 0 aliphatic carbocycles. The van der Waals surface area contributed by atoms with Crippen LogP contribution >= 0.6 is 0 Å². The molecular weight excluding hydrogens is 386 g/mol. The molecule has 0 radical (unpaired) electrons. The monoisotopic (exact) mass is 407 g/mol. The van der Waals surface area contributed by atoms with Crippen LogP contribution in [0.1, 0.15) is 17.0 Å². The molecule has 0 bridgehead atoms. The molecule has 2 aromatic carbocycles. The van der Waals surface area contributed by atoms with E-state index in [1.54, 1.807) is 18.2 Å². The van der Waals surface area contributed by atoms with Gasteiger partial charge in [-0.2, -0.15) is 0 Å². The number of esters is 1. The summed E-state index contributed by atoms with van der Waals surface area (Å²) in [6.07, 6.45) is 2.48. The third kappa shape index (κ3) is 5.54. The molecule has 3 rings (SSSR count). The lowest BCUT2D eigenvalue weighted by Gasteiger charge is -2.11. The summed E-state index contributed by atoms with van der Waals surface area (Å²) in [5, 5.41) is 5.13. The van der Waals surface area contributed by atoms with Crippen molar-refractivity contribution in [3.8, 4) is 0 Å². The molecule has 30 heavy (non-hydrogen) atoms. The minimum Gasteiger partial charge on any atom is -0.452 e. The first kappa shape index (κ1) is 20.8. The van der Waals surface area contributed by atoms with Gasteiger partial charge in [-0.05, 0) is 43.2 Å². The van der Waals surface area contributed by atoms with Crippen LogP contribution in [0.15, 0.2) is 53.0 Å². The highest BCUT2D eigenvalue weighted by Crippen LogP contribution is 2.17. The standard InChI is InChI=1S/C22H21N3O5/c1-14-6-5-8-16(15(14)2)24-19(26)12-23-20(27)13-29-22(28)11-10-21-25-17-7-3-4-9-18(17)30-21/h3-11H,12-13H2,1-2H3,(H,23,27)(H,24,26)/b11-10+. The minimum absolute atomic E-state index is 0.234. The van der Waals surface area contributed by atoms with Crippen LogP contribution in [-0.2, 0) is 19.1 Å². The second-order valence-electron chi connectivity index (χ2n) is 6.53. The van der Waals surface area contributed by atoms with Gasteiger partial charge < -0.3 is 19.8 Å². The zero-order valence-electron chi connectivity index (χ0n) is 16.6. The average Bonchev–Trinajstić information content (AvgIpc) is 3.15. The highest BCUT2D eigenvalue weighted by atomic mass is 16.5. The Morgan fingerprint density at radius 3 is 2.67 bits per heavy atom. The molecule has 0 aliphatic heterocycles. The van der Waals surface area contributed by atoms with Gasteiger partial charge in [-0.3, -0.25) is 9.59 Å². The Morgan fingerprint density at radius 1 is 1.07 bits per heavy atom. The van der Waals surface area contributed by atoms with Crippen molar-refractivity contribution in [1.82, 2.24) is 10.3 Å². The van der Waals surface area contributed by atoms with Gasteiger partial charge in [0.05, 0.1) is 6.54 Å². The molecule has 0 aliphatic rings. The lowest BCUT2D eigenvalue weighted by atomic mass is 10.1. The molecule has 0 saturated heterocycles. The Kier molecular flexibility index (Phi) is 6.59. The van der Waals surface area contributed by atoms with Crippen LogP contribution in [-0.4, -0.2) is 35.9 Å². The zero-order chi connectivity index (χ0) is 21.5. The molecule has 0 fully saturated rings. The van der Waals surface area contributed by atoms with Crippen LogP contribution in [0.25, 0.3) is 17.2 Å². The molecule has 3 aromatic rings. The number of oxazole rings is 1. The lowest BCUT2D eigenvalue weighted by Crippen LogP contribution is -2.35. The molecule has 8 heteroatoms. The molecule has 1 aromatic heterocycles. The van der Waals surface area contributed by atoms with E-state index in [4.69, 9.17) is 9.15 Å². The summed E-state index contributed by atoms with van der Waals surface area (Å²) in [6, 6.07) is 12.8. The summed E-state index contributed by atoms with van der Waals surface area (Å²) in [7, 11) is 0. The van der Waals surface area contributed by atoms with Gasteiger partial charge in [-0.1, -0.05) is 24.3 Å². The number of carbonyl (C=O) groups is 3. The van der Waals surface area contributed by atoms with Gasteiger partial charge in [0.25, 0.3) is 5.91 Å². The van der Waals surface area contributed by atoms with Crippen molar-refractivity contribution < 1.29 is 23.5 Å². The number of nitrogens with one attached hydrogen (secondary N) is 2.